The Morgan fingerprint density at radius 1 is 1.19 bits per heavy atom. The van der Waals surface area contributed by atoms with Crippen LogP contribution in [0.5, 0.6) is 0 Å². The van der Waals surface area contributed by atoms with E-state index in [2.05, 4.69) is 6.08 Å². The van der Waals surface area contributed by atoms with Crippen LogP contribution in [0.2, 0.25) is 0 Å². The molecule has 0 radical (unpaired) electrons. The number of hydrogen-bond donors (Lipinski definition) is 1. The molecule has 0 spiro atoms. The first-order valence-electron chi connectivity index (χ1n) is 7.80. The molecular formula is C18H23FO2. The van der Waals surface area contributed by atoms with Crippen molar-refractivity contribution >= 4 is 5.97 Å². The Bertz CT molecular complexity index is 484. The Hall–Kier alpha value is -1.64. The van der Waals surface area contributed by atoms with E-state index in [1.807, 2.05) is 12.1 Å². The van der Waals surface area contributed by atoms with Crippen molar-refractivity contribution in [3.8, 4) is 0 Å². The van der Waals surface area contributed by atoms with Crippen LogP contribution < -0.4 is 0 Å². The standard InChI is InChI=1S/C18H23FO2/c19-17-11-9-14(10-12-17)13-16(7-4-8-18(20)21)15-5-2-1-3-6-15/h7,9-12,15H,1-6,8,13H2,(H,20,21)/b16-7-. The third-order valence-corrected chi connectivity index (χ3v) is 4.22. The maximum atomic E-state index is 13.0. The van der Waals surface area contributed by atoms with Crippen LogP contribution in [0.15, 0.2) is 35.9 Å². The molecule has 114 valence electrons. The molecule has 1 aliphatic carbocycles. The highest BCUT2D eigenvalue weighted by molar-refractivity contribution is 5.66. The second kappa shape index (κ2) is 7.96. The maximum absolute atomic E-state index is 13.0. The fourth-order valence-electron chi connectivity index (χ4n) is 3.08. The number of aliphatic carboxylic acids is 1. The second-order valence-corrected chi connectivity index (χ2v) is 5.85. The number of carboxylic acid groups (broad SMARTS) is 1. The number of allylic oxidation sites excluding steroid dienone is 2. The highest BCUT2D eigenvalue weighted by atomic mass is 19.1. The molecule has 1 aliphatic rings. The van der Waals surface area contributed by atoms with Crippen molar-refractivity contribution in [1.82, 2.24) is 0 Å². The van der Waals surface area contributed by atoms with Gasteiger partial charge in [0.05, 0.1) is 0 Å². The zero-order valence-electron chi connectivity index (χ0n) is 12.4. The smallest absolute Gasteiger partial charge is 0.303 e. The summed E-state index contributed by atoms with van der Waals surface area (Å²) in [4.78, 5) is 10.7. The molecule has 0 bridgehead atoms. The summed E-state index contributed by atoms with van der Waals surface area (Å²) < 4.78 is 13.0. The molecule has 0 amide bonds. The van der Waals surface area contributed by atoms with Crippen molar-refractivity contribution < 1.29 is 14.3 Å². The number of benzene rings is 1. The fraction of sp³-hybridized carbons (Fsp3) is 0.500. The monoisotopic (exact) mass is 290 g/mol. The molecule has 0 heterocycles. The van der Waals surface area contributed by atoms with Crippen molar-refractivity contribution in [2.75, 3.05) is 0 Å². The molecule has 0 saturated heterocycles. The predicted molar refractivity (Wildman–Crippen MR) is 81.6 cm³/mol. The van der Waals surface area contributed by atoms with Gasteiger partial charge in [-0.05, 0) is 49.3 Å². The van der Waals surface area contributed by atoms with E-state index in [-0.39, 0.29) is 12.2 Å². The van der Waals surface area contributed by atoms with E-state index < -0.39 is 5.97 Å². The number of halogens is 1. The van der Waals surface area contributed by atoms with E-state index in [0.29, 0.717) is 12.3 Å². The van der Waals surface area contributed by atoms with Crippen molar-refractivity contribution in [3.63, 3.8) is 0 Å². The quantitative estimate of drug-likeness (QED) is 0.768. The number of hydrogen-bond acceptors (Lipinski definition) is 1. The Kier molecular flexibility index (Phi) is 5.97. The van der Waals surface area contributed by atoms with Gasteiger partial charge >= 0.3 is 5.97 Å². The van der Waals surface area contributed by atoms with Gasteiger partial charge < -0.3 is 5.11 Å². The van der Waals surface area contributed by atoms with Gasteiger partial charge in [-0.1, -0.05) is 43.0 Å². The van der Waals surface area contributed by atoms with E-state index in [0.717, 1.165) is 12.0 Å². The molecular weight excluding hydrogens is 267 g/mol. The lowest BCUT2D eigenvalue weighted by molar-refractivity contribution is -0.136. The molecule has 0 unspecified atom stereocenters. The topological polar surface area (TPSA) is 37.3 Å². The number of carbonyl (C=O) groups is 1. The average molecular weight is 290 g/mol. The molecule has 1 aromatic rings. The summed E-state index contributed by atoms with van der Waals surface area (Å²) in [5, 5.41) is 8.79. The molecule has 1 aromatic carbocycles. The minimum atomic E-state index is -0.754. The lowest BCUT2D eigenvalue weighted by Gasteiger charge is -2.25. The van der Waals surface area contributed by atoms with Crippen LogP contribution in [-0.4, -0.2) is 11.1 Å². The summed E-state index contributed by atoms with van der Waals surface area (Å²) in [6.07, 6.45) is 9.88. The van der Waals surface area contributed by atoms with Gasteiger partial charge in [0.1, 0.15) is 5.82 Å². The summed E-state index contributed by atoms with van der Waals surface area (Å²) in [6.45, 7) is 0. The van der Waals surface area contributed by atoms with Gasteiger partial charge in [-0.15, -0.1) is 0 Å². The molecule has 2 nitrogen and oxygen atoms in total. The molecule has 0 aliphatic heterocycles. The summed E-state index contributed by atoms with van der Waals surface area (Å²) in [6, 6.07) is 6.63. The Labute approximate surface area is 125 Å². The van der Waals surface area contributed by atoms with Crippen LogP contribution in [0.1, 0.15) is 50.5 Å². The third kappa shape index (κ3) is 5.33. The van der Waals surface area contributed by atoms with Crippen LogP contribution in [0.3, 0.4) is 0 Å². The van der Waals surface area contributed by atoms with E-state index in [1.54, 1.807) is 0 Å². The molecule has 3 heteroatoms. The highest BCUT2D eigenvalue weighted by Crippen LogP contribution is 2.32. The van der Waals surface area contributed by atoms with Gasteiger partial charge in [0.25, 0.3) is 0 Å². The predicted octanol–water partition coefficient (Wildman–Crippen LogP) is 4.74. The Morgan fingerprint density at radius 3 is 2.48 bits per heavy atom. The normalized spacial score (nSPS) is 16.9. The SMILES string of the molecule is O=C(O)CC/C=C(/Cc1ccc(F)cc1)C1CCCCC1. The minimum Gasteiger partial charge on any atom is -0.481 e. The zero-order chi connectivity index (χ0) is 15.1. The van der Waals surface area contributed by atoms with E-state index in [9.17, 15) is 9.18 Å². The van der Waals surface area contributed by atoms with Gasteiger partial charge in [-0.3, -0.25) is 4.79 Å². The summed E-state index contributed by atoms with van der Waals surface area (Å²) in [7, 11) is 0. The zero-order valence-corrected chi connectivity index (χ0v) is 12.4. The molecule has 21 heavy (non-hydrogen) atoms. The van der Waals surface area contributed by atoms with E-state index in [4.69, 9.17) is 5.11 Å². The van der Waals surface area contributed by atoms with Gasteiger partial charge in [0.2, 0.25) is 0 Å². The molecule has 1 N–H and O–H groups in total. The third-order valence-electron chi connectivity index (χ3n) is 4.22. The van der Waals surface area contributed by atoms with Gasteiger partial charge in [0.15, 0.2) is 0 Å². The molecule has 1 saturated carbocycles. The van der Waals surface area contributed by atoms with Crippen molar-refractivity contribution in [3.05, 3.63) is 47.3 Å². The summed E-state index contributed by atoms with van der Waals surface area (Å²) >= 11 is 0. The number of rotatable bonds is 6. The van der Waals surface area contributed by atoms with Crippen molar-refractivity contribution in [2.45, 2.75) is 51.4 Å². The first kappa shape index (κ1) is 15.7. The molecule has 0 atom stereocenters. The van der Waals surface area contributed by atoms with Crippen LogP contribution >= 0.6 is 0 Å². The molecule has 0 aromatic heterocycles. The van der Waals surface area contributed by atoms with Crippen molar-refractivity contribution in [1.29, 1.82) is 0 Å². The van der Waals surface area contributed by atoms with E-state index in [1.165, 1.54) is 49.8 Å². The maximum Gasteiger partial charge on any atom is 0.303 e. The Morgan fingerprint density at radius 2 is 1.86 bits per heavy atom. The second-order valence-electron chi connectivity index (χ2n) is 5.85. The average Bonchev–Trinajstić information content (AvgIpc) is 2.49. The lowest BCUT2D eigenvalue weighted by atomic mass is 9.81. The largest absolute Gasteiger partial charge is 0.481 e. The van der Waals surface area contributed by atoms with Gasteiger partial charge in [-0.2, -0.15) is 0 Å². The minimum absolute atomic E-state index is 0.180. The Balaban J connectivity index is 2.06. The lowest BCUT2D eigenvalue weighted by Crippen LogP contribution is -2.11. The fourth-order valence-corrected chi connectivity index (χ4v) is 3.08. The van der Waals surface area contributed by atoms with E-state index >= 15 is 0 Å². The summed E-state index contributed by atoms with van der Waals surface area (Å²) in [5.74, 6) is -0.401. The first-order valence-corrected chi connectivity index (χ1v) is 7.80. The van der Waals surface area contributed by atoms with Crippen LogP contribution in [0.25, 0.3) is 0 Å². The molecule has 1 fully saturated rings. The number of carboxylic acids is 1. The van der Waals surface area contributed by atoms with Crippen LogP contribution in [-0.2, 0) is 11.2 Å². The summed E-state index contributed by atoms with van der Waals surface area (Å²) in [5.41, 5.74) is 2.44. The first-order chi connectivity index (χ1) is 10.1. The highest BCUT2D eigenvalue weighted by Gasteiger charge is 2.18. The van der Waals surface area contributed by atoms with Crippen LogP contribution in [0.4, 0.5) is 4.39 Å². The van der Waals surface area contributed by atoms with Crippen LogP contribution in [0, 0.1) is 11.7 Å². The van der Waals surface area contributed by atoms with Gasteiger partial charge in [-0.25, -0.2) is 4.39 Å². The molecule has 2 rings (SSSR count). The van der Waals surface area contributed by atoms with Gasteiger partial charge in [0, 0.05) is 6.42 Å². The van der Waals surface area contributed by atoms with Crippen molar-refractivity contribution in [2.24, 2.45) is 5.92 Å².